The maximum absolute atomic E-state index is 12.9. The molecule has 0 unspecified atom stereocenters. The van der Waals surface area contributed by atoms with Crippen molar-refractivity contribution in [2.24, 2.45) is 5.92 Å². The Balaban J connectivity index is 1.77. The summed E-state index contributed by atoms with van der Waals surface area (Å²) in [6.07, 6.45) is 5.18. The second-order valence-corrected chi connectivity index (χ2v) is 6.70. The fourth-order valence-corrected chi connectivity index (χ4v) is 3.73. The van der Waals surface area contributed by atoms with Crippen LogP contribution in [0.4, 0.5) is 0 Å². The first-order valence-electron chi connectivity index (χ1n) is 8.56. The molecule has 126 valence electrons. The Morgan fingerprint density at radius 3 is 2.50 bits per heavy atom. The van der Waals surface area contributed by atoms with Gasteiger partial charge >= 0.3 is 5.97 Å². The Morgan fingerprint density at radius 2 is 1.88 bits per heavy atom. The fourth-order valence-electron chi connectivity index (χ4n) is 3.73. The molecule has 0 radical (unpaired) electrons. The fraction of sp³-hybridized carbons (Fsp3) is 0.526. The van der Waals surface area contributed by atoms with Gasteiger partial charge < -0.3 is 9.64 Å². The smallest absolute Gasteiger partial charge is 0.307 e. The molecular formula is C19H22N2O3. The van der Waals surface area contributed by atoms with Crippen molar-refractivity contribution >= 4 is 11.9 Å². The number of cyclic esters (lactones) is 1. The van der Waals surface area contributed by atoms with E-state index in [1.165, 1.54) is 6.42 Å². The molecule has 1 aliphatic heterocycles. The molecule has 1 saturated carbocycles. The molecule has 2 atom stereocenters. The van der Waals surface area contributed by atoms with E-state index in [2.05, 4.69) is 6.07 Å². The first-order valence-corrected chi connectivity index (χ1v) is 8.56. The Morgan fingerprint density at radius 1 is 1.21 bits per heavy atom. The molecule has 1 aromatic carbocycles. The third-order valence-corrected chi connectivity index (χ3v) is 5.17. The summed E-state index contributed by atoms with van der Waals surface area (Å²) in [5, 5.41) is 8.90. The second-order valence-electron chi connectivity index (χ2n) is 6.70. The van der Waals surface area contributed by atoms with Crippen LogP contribution in [0.25, 0.3) is 0 Å². The number of amides is 1. The van der Waals surface area contributed by atoms with Crippen molar-refractivity contribution in [2.75, 3.05) is 7.05 Å². The standard InChI is InChI=1S/C19H22N2O3/c1-21(15-5-3-2-4-6-15)19(23)16-11-17(22)24-18(16)14-9-7-13(12-20)8-10-14/h7-10,15-16,18H,2-6,11H2,1H3/t16-,18+/m0/s1. The highest BCUT2D eigenvalue weighted by Gasteiger charge is 2.43. The molecule has 0 aromatic heterocycles. The predicted molar refractivity (Wildman–Crippen MR) is 87.7 cm³/mol. The zero-order valence-corrected chi connectivity index (χ0v) is 13.9. The van der Waals surface area contributed by atoms with Gasteiger partial charge in [0, 0.05) is 13.1 Å². The van der Waals surface area contributed by atoms with Crippen molar-refractivity contribution in [3.63, 3.8) is 0 Å². The third kappa shape index (κ3) is 3.28. The quantitative estimate of drug-likeness (QED) is 0.801. The number of esters is 1. The van der Waals surface area contributed by atoms with Crippen LogP contribution < -0.4 is 0 Å². The van der Waals surface area contributed by atoms with Gasteiger partial charge in [0.2, 0.25) is 5.91 Å². The van der Waals surface area contributed by atoms with E-state index in [-0.39, 0.29) is 24.3 Å². The lowest BCUT2D eigenvalue weighted by Gasteiger charge is -2.33. The number of rotatable bonds is 3. The molecular weight excluding hydrogens is 304 g/mol. The number of hydrogen-bond donors (Lipinski definition) is 0. The van der Waals surface area contributed by atoms with E-state index < -0.39 is 12.0 Å². The van der Waals surface area contributed by atoms with Gasteiger partial charge in [0.15, 0.2) is 0 Å². The van der Waals surface area contributed by atoms with Gasteiger partial charge in [0.1, 0.15) is 6.10 Å². The molecule has 24 heavy (non-hydrogen) atoms. The van der Waals surface area contributed by atoms with Gasteiger partial charge in [0.25, 0.3) is 0 Å². The van der Waals surface area contributed by atoms with Gasteiger partial charge in [-0.25, -0.2) is 0 Å². The van der Waals surface area contributed by atoms with Crippen molar-refractivity contribution in [3.05, 3.63) is 35.4 Å². The van der Waals surface area contributed by atoms with E-state index >= 15 is 0 Å². The molecule has 1 heterocycles. The highest BCUT2D eigenvalue weighted by molar-refractivity contribution is 5.87. The van der Waals surface area contributed by atoms with Crippen LogP contribution in [-0.2, 0) is 14.3 Å². The normalized spacial score (nSPS) is 24.2. The molecule has 5 heteroatoms. The van der Waals surface area contributed by atoms with Crippen LogP contribution in [-0.4, -0.2) is 29.9 Å². The number of carbonyl (C=O) groups excluding carboxylic acids is 2. The highest BCUT2D eigenvalue weighted by Crippen LogP contribution is 2.37. The molecule has 5 nitrogen and oxygen atoms in total. The minimum atomic E-state index is -0.552. The van der Waals surface area contributed by atoms with Gasteiger partial charge in [-0.05, 0) is 30.5 Å². The zero-order chi connectivity index (χ0) is 17.1. The summed E-state index contributed by atoms with van der Waals surface area (Å²) in [5.74, 6) is -0.820. The maximum atomic E-state index is 12.9. The lowest BCUT2D eigenvalue weighted by molar-refractivity contribution is -0.142. The van der Waals surface area contributed by atoms with Crippen LogP contribution >= 0.6 is 0 Å². The Labute approximate surface area is 142 Å². The summed E-state index contributed by atoms with van der Waals surface area (Å²) < 4.78 is 5.42. The van der Waals surface area contributed by atoms with E-state index in [1.807, 2.05) is 11.9 Å². The van der Waals surface area contributed by atoms with Crippen LogP contribution in [0.15, 0.2) is 24.3 Å². The number of benzene rings is 1. The van der Waals surface area contributed by atoms with Gasteiger partial charge in [0.05, 0.1) is 24.0 Å². The van der Waals surface area contributed by atoms with Crippen molar-refractivity contribution in [1.29, 1.82) is 5.26 Å². The van der Waals surface area contributed by atoms with Gasteiger partial charge in [-0.1, -0.05) is 31.4 Å². The minimum absolute atomic E-state index is 0.0119. The molecule has 0 bridgehead atoms. The lowest BCUT2D eigenvalue weighted by Crippen LogP contribution is -2.42. The first kappa shape index (κ1) is 16.5. The topological polar surface area (TPSA) is 70.4 Å². The Bertz CT molecular complexity index is 656. The maximum Gasteiger partial charge on any atom is 0.307 e. The van der Waals surface area contributed by atoms with Gasteiger partial charge in [-0.2, -0.15) is 5.26 Å². The second kappa shape index (κ2) is 7.04. The summed E-state index contributed by atoms with van der Waals surface area (Å²) in [6, 6.07) is 9.24. The van der Waals surface area contributed by atoms with Crippen LogP contribution in [0.5, 0.6) is 0 Å². The Kier molecular flexibility index (Phi) is 4.84. The number of hydrogen-bond acceptors (Lipinski definition) is 4. The average molecular weight is 326 g/mol. The van der Waals surface area contributed by atoms with Crippen molar-refractivity contribution in [3.8, 4) is 6.07 Å². The van der Waals surface area contributed by atoms with E-state index in [4.69, 9.17) is 10.00 Å². The summed E-state index contributed by atoms with van der Waals surface area (Å²) >= 11 is 0. The summed E-state index contributed by atoms with van der Waals surface area (Å²) in [6.45, 7) is 0. The number of ether oxygens (including phenoxy) is 1. The van der Waals surface area contributed by atoms with Crippen LogP contribution in [0.3, 0.4) is 0 Å². The molecule has 1 aliphatic carbocycles. The van der Waals surface area contributed by atoms with E-state index in [9.17, 15) is 9.59 Å². The van der Waals surface area contributed by atoms with Crippen molar-refractivity contribution in [2.45, 2.75) is 50.7 Å². The van der Waals surface area contributed by atoms with E-state index in [0.717, 1.165) is 31.2 Å². The Hall–Kier alpha value is -2.35. The van der Waals surface area contributed by atoms with Crippen LogP contribution in [0, 0.1) is 17.2 Å². The minimum Gasteiger partial charge on any atom is -0.457 e. The van der Waals surface area contributed by atoms with Crippen molar-refractivity contribution < 1.29 is 14.3 Å². The lowest BCUT2D eigenvalue weighted by atomic mass is 9.90. The van der Waals surface area contributed by atoms with Crippen molar-refractivity contribution in [1.82, 2.24) is 4.90 Å². The molecule has 0 N–H and O–H groups in total. The molecule has 2 fully saturated rings. The summed E-state index contributed by atoms with van der Waals surface area (Å²) in [4.78, 5) is 26.6. The van der Waals surface area contributed by atoms with Crippen LogP contribution in [0.1, 0.15) is 55.8 Å². The summed E-state index contributed by atoms with van der Waals surface area (Å²) in [7, 11) is 1.84. The molecule has 3 rings (SSSR count). The molecule has 1 aromatic rings. The molecule has 0 spiro atoms. The predicted octanol–water partition coefficient (Wildman–Crippen LogP) is 2.95. The molecule has 2 aliphatic rings. The van der Waals surface area contributed by atoms with Gasteiger partial charge in [-0.15, -0.1) is 0 Å². The van der Waals surface area contributed by atoms with E-state index in [1.54, 1.807) is 24.3 Å². The SMILES string of the molecule is CN(C(=O)[C@H]1CC(=O)O[C@@H]1c1ccc(C#N)cc1)C1CCCCC1. The van der Waals surface area contributed by atoms with Crippen LogP contribution in [0.2, 0.25) is 0 Å². The summed E-state index contributed by atoms with van der Waals surface area (Å²) in [5.41, 5.74) is 1.32. The average Bonchev–Trinajstić information content (AvgIpc) is 3.03. The van der Waals surface area contributed by atoms with Gasteiger partial charge in [-0.3, -0.25) is 9.59 Å². The monoisotopic (exact) mass is 326 g/mol. The highest BCUT2D eigenvalue weighted by atomic mass is 16.6. The molecule has 1 saturated heterocycles. The number of nitriles is 1. The first-order chi connectivity index (χ1) is 11.6. The zero-order valence-electron chi connectivity index (χ0n) is 13.9. The largest absolute Gasteiger partial charge is 0.457 e. The third-order valence-electron chi connectivity index (χ3n) is 5.17. The van der Waals surface area contributed by atoms with E-state index in [0.29, 0.717) is 5.56 Å². The number of nitrogens with zero attached hydrogens (tertiary/aromatic N) is 2. The number of carbonyl (C=O) groups is 2. The molecule has 1 amide bonds.